The van der Waals surface area contributed by atoms with E-state index >= 15 is 0 Å². The summed E-state index contributed by atoms with van der Waals surface area (Å²) in [7, 11) is 0. The highest BCUT2D eigenvalue weighted by Crippen LogP contribution is 2.38. The molecule has 1 aromatic carbocycles. The molecule has 1 aromatic rings. The van der Waals surface area contributed by atoms with Crippen molar-refractivity contribution >= 4 is 30.0 Å². The number of fused-ring (bicyclic) bond motifs is 1. The zero-order chi connectivity index (χ0) is 18.8. The van der Waals surface area contributed by atoms with E-state index in [1.54, 1.807) is 0 Å². The Labute approximate surface area is 161 Å². The van der Waals surface area contributed by atoms with Gasteiger partial charge in [-0.2, -0.15) is 0 Å². The fourth-order valence-corrected chi connectivity index (χ4v) is 3.90. The molecule has 1 aliphatic carbocycles. The highest BCUT2D eigenvalue weighted by Gasteiger charge is 2.38. The molecule has 4 atom stereocenters. The minimum absolute atomic E-state index is 0. The van der Waals surface area contributed by atoms with Crippen LogP contribution >= 0.6 is 12.4 Å². The molecule has 1 saturated carbocycles. The number of carboxylic acid groups (broad SMARTS) is 2. The number of hydrogen-bond donors (Lipinski definition) is 3. The molecule has 0 radical (unpaired) electrons. The van der Waals surface area contributed by atoms with Crippen molar-refractivity contribution in [2.75, 3.05) is 6.54 Å². The van der Waals surface area contributed by atoms with Gasteiger partial charge in [0, 0.05) is 12.1 Å². The average Bonchev–Trinajstić information content (AvgIpc) is 2.61. The standard InChI is InChI=1S/C17H20N2O7.ClH/c20-16(21)13-7-11(19(24)25)2-4-15(13)26-12-3-1-9-8-18-14(17(22)23)6-10(9)5-12;/h2,4,7,9-10,12,14,18H,1,3,5-6,8H2,(H,20,21)(H,22,23);1H/t9-,10+,12-,14-;/m0./s1. The summed E-state index contributed by atoms with van der Waals surface area (Å²) < 4.78 is 5.86. The second-order valence-corrected chi connectivity index (χ2v) is 6.85. The van der Waals surface area contributed by atoms with Crippen LogP contribution in [0.15, 0.2) is 18.2 Å². The van der Waals surface area contributed by atoms with E-state index in [9.17, 15) is 29.9 Å². The molecule has 2 fully saturated rings. The highest BCUT2D eigenvalue weighted by molar-refractivity contribution is 5.91. The van der Waals surface area contributed by atoms with Gasteiger partial charge in [-0.3, -0.25) is 14.9 Å². The van der Waals surface area contributed by atoms with Crippen molar-refractivity contribution in [2.45, 2.75) is 37.8 Å². The Bertz CT molecular complexity index is 742. The Morgan fingerprint density at radius 1 is 1.19 bits per heavy atom. The van der Waals surface area contributed by atoms with Crippen LogP contribution in [-0.2, 0) is 4.79 Å². The van der Waals surface area contributed by atoms with Gasteiger partial charge < -0.3 is 20.3 Å². The number of aromatic carboxylic acids is 1. The van der Waals surface area contributed by atoms with Gasteiger partial charge in [-0.25, -0.2) is 4.79 Å². The van der Waals surface area contributed by atoms with Crippen LogP contribution in [0.4, 0.5) is 5.69 Å². The zero-order valence-corrected chi connectivity index (χ0v) is 15.2. The van der Waals surface area contributed by atoms with Gasteiger partial charge in [-0.05, 0) is 50.1 Å². The summed E-state index contributed by atoms with van der Waals surface area (Å²) in [6.45, 7) is 0.659. The minimum Gasteiger partial charge on any atom is -0.490 e. The normalized spacial score (nSPS) is 27.0. The summed E-state index contributed by atoms with van der Waals surface area (Å²) >= 11 is 0. The number of nitrogens with zero attached hydrogens (tertiary/aromatic N) is 1. The molecular weight excluding hydrogens is 380 g/mol. The van der Waals surface area contributed by atoms with Gasteiger partial charge in [0.2, 0.25) is 0 Å². The Kier molecular flexibility index (Phi) is 6.61. The molecule has 0 spiro atoms. The van der Waals surface area contributed by atoms with Crippen molar-refractivity contribution in [3.05, 3.63) is 33.9 Å². The van der Waals surface area contributed by atoms with Crippen LogP contribution in [-0.4, -0.2) is 45.8 Å². The van der Waals surface area contributed by atoms with Crippen LogP contribution in [0.25, 0.3) is 0 Å². The maximum Gasteiger partial charge on any atom is 0.339 e. The molecule has 2 aliphatic rings. The van der Waals surface area contributed by atoms with E-state index in [0.29, 0.717) is 25.3 Å². The molecule has 3 N–H and O–H groups in total. The predicted octanol–water partition coefficient (Wildman–Crippen LogP) is 2.33. The summed E-state index contributed by atoms with van der Waals surface area (Å²) in [5, 5.41) is 32.4. The van der Waals surface area contributed by atoms with Crippen molar-refractivity contribution in [3.8, 4) is 5.75 Å². The highest BCUT2D eigenvalue weighted by atomic mass is 35.5. The quantitative estimate of drug-likeness (QED) is 0.505. The SMILES string of the molecule is Cl.O=C(O)c1cc([N+](=O)[O-])ccc1O[C@H]1CC[C@H]2CN[C@H](C(=O)O)C[C@H]2C1. The van der Waals surface area contributed by atoms with Crippen LogP contribution in [0.1, 0.15) is 36.0 Å². The van der Waals surface area contributed by atoms with Crippen LogP contribution in [0, 0.1) is 22.0 Å². The van der Waals surface area contributed by atoms with Crippen LogP contribution in [0.2, 0.25) is 0 Å². The number of halogens is 1. The van der Waals surface area contributed by atoms with Gasteiger partial charge in [0.1, 0.15) is 17.4 Å². The Morgan fingerprint density at radius 2 is 1.93 bits per heavy atom. The molecule has 0 amide bonds. The van der Waals surface area contributed by atoms with E-state index in [0.717, 1.165) is 18.9 Å². The van der Waals surface area contributed by atoms with E-state index in [2.05, 4.69) is 5.32 Å². The molecule has 148 valence electrons. The largest absolute Gasteiger partial charge is 0.490 e. The third-order valence-electron chi connectivity index (χ3n) is 5.25. The third-order valence-corrected chi connectivity index (χ3v) is 5.25. The molecule has 10 heteroatoms. The minimum atomic E-state index is -1.29. The Morgan fingerprint density at radius 3 is 2.56 bits per heavy atom. The number of piperidine rings is 1. The predicted molar refractivity (Wildman–Crippen MR) is 96.6 cm³/mol. The number of nitrogens with one attached hydrogen (secondary N) is 1. The van der Waals surface area contributed by atoms with Gasteiger partial charge in [0.15, 0.2) is 0 Å². The monoisotopic (exact) mass is 400 g/mol. The van der Waals surface area contributed by atoms with E-state index in [-0.39, 0.29) is 41.4 Å². The van der Waals surface area contributed by atoms with Crippen molar-refractivity contribution in [2.24, 2.45) is 11.8 Å². The first-order chi connectivity index (χ1) is 12.3. The number of carbonyl (C=O) groups is 2. The van der Waals surface area contributed by atoms with E-state index in [1.165, 1.54) is 12.1 Å². The molecule has 1 heterocycles. The first-order valence-electron chi connectivity index (χ1n) is 8.49. The number of benzene rings is 1. The van der Waals surface area contributed by atoms with Crippen molar-refractivity contribution in [1.29, 1.82) is 0 Å². The molecule has 1 aliphatic heterocycles. The van der Waals surface area contributed by atoms with Crippen LogP contribution < -0.4 is 10.1 Å². The van der Waals surface area contributed by atoms with Crippen molar-refractivity contribution in [3.63, 3.8) is 0 Å². The summed E-state index contributed by atoms with van der Waals surface area (Å²) in [6.07, 6.45) is 2.53. The summed E-state index contributed by atoms with van der Waals surface area (Å²) in [5.41, 5.74) is -0.545. The summed E-state index contributed by atoms with van der Waals surface area (Å²) in [4.78, 5) is 32.8. The lowest BCUT2D eigenvalue weighted by Crippen LogP contribution is -2.50. The number of hydrogen-bond acceptors (Lipinski definition) is 6. The number of nitro benzene ring substituents is 1. The fraction of sp³-hybridized carbons (Fsp3) is 0.529. The molecule has 0 aromatic heterocycles. The molecular formula is C17H21ClN2O7. The number of non-ortho nitro benzene ring substituents is 1. The average molecular weight is 401 g/mol. The maximum absolute atomic E-state index is 11.4. The summed E-state index contributed by atoms with van der Waals surface area (Å²) in [5.74, 6) is -1.46. The van der Waals surface area contributed by atoms with Gasteiger partial charge in [0.25, 0.3) is 5.69 Å². The second-order valence-electron chi connectivity index (χ2n) is 6.85. The number of ether oxygens (including phenoxy) is 1. The number of rotatable bonds is 5. The third kappa shape index (κ3) is 4.67. The first kappa shape index (κ1) is 20.9. The lowest BCUT2D eigenvalue weighted by atomic mass is 9.72. The van der Waals surface area contributed by atoms with Crippen LogP contribution in [0.3, 0.4) is 0 Å². The molecule has 1 saturated heterocycles. The lowest BCUT2D eigenvalue weighted by Gasteiger charge is -2.41. The number of nitro groups is 1. The van der Waals surface area contributed by atoms with Crippen molar-refractivity contribution in [1.82, 2.24) is 5.32 Å². The first-order valence-corrected chi connectivity index (χ1v) is 8.49. The smallest absolute Gasteiger partial charge is 0.339 e. The Balaban J connectivity index is 0.00000261. The van der Waals surface area contributed by atoms with E-state index < -0.39 is 22.9 Å². The van der Waals surface area contributed by atoms with Gasteiger partial charge in [0.05, 0.1) is 11.0 Å². The molecule has 9 nitrogen and oxygen atoms in total. The molecule has 27 heavy (non-hydrogen) atoms. The van der Waals surface area contributed by atoms with E-state index in [4.69, 9.17) is 4.74 Å². The zero-order valence-electron chi connectivity index (χ0n) is 14.4. The van der Waals surface area contributed by atoms with Gasteiger partial charge in [-0.15, -0.1) is 12.4 Å². The molecule has 0 bridgehead atoms. The Hall–Kier alpha value is -2.39. The lowest BCUT2D eigenvalue weighted by molar-refractivity contribution is -0.384. The van der Waals surface area contributed by atoms with Gasteiger partial charge >= 0.3 is 11.9 Å². The topological polar surface area (TPSA) is 139 Å². The molecule has 0 unspecified atom stereocenters. The molecule has 3 rings (SSSR count). The number of aliphatic carboxylic acids is 1. The maximum atomic E-state index is 11.4. The van der Waals surface area contributed by atoms with Crippen LogP contribution in [0.5, 0.6) is 5.75 Å². The number of carboxylic acids is 2. The van der Waals surface area contributed by atoms with Gasteiger partial charge in [-0.1, -0.05) is 0 Å². The van der Waals surface area contributed by atoms with Crippen molar-refractivity contribution < 1.29 is 29.5 Å². The summed E-state index contributed by atoms with van der Waals surface area (Å²) in [6, 6.07) is 2.96. The fourth-order valence-electron chi connectivity index (χ4n) is 3.90. The second kappa shape index (κ2) is 8.53. The van der Waals surface area contributed by atoms with E-state index in [1.807, 2.05) is 0 Å².